The van der Waals surface area contributed by atoms with Gasteiger partial charge in [-0.25, -0.2) is 4.79 Å². The number of non-ortho nitro benzene ring substituents is 1. The van der Waals surface area contributed by atoms with Crippen LogP contribution in [-0.2, 0) is 14.3 Å². The maximum absolute atomic E-state index is 12.6. The van der Waals surface area contributed by atoms with Gasteiger partial charge in [-0.15, -0.1) is 0 Å². The van der Waals surface area contributed by atoms with E-state index in [-0.39, 0.29) is 17.7 Å². The summed E-state index contributed by atoms with van der Waals surface area (Å²) >= 11 is 0. The molecule has 1 aliphatic rings. The number of fused-ring (bicyclic) bond motifs is 1. The van der Waals surface area contributed by atoms with E-state index in [2.05, 4.69) is 0 Å². The molecule has 0 saturated heterocycles. The van der Waals surface area contributed by atoms with Crippen LogP contribution in [0.3, 0.4) is 0 Å². The molecule has 0 radical (unpaired) electrons. The van der Waals surface area contributed by atoms with Crippen LogP contribution in [0.2, 0.25) is 19.6 Å². The predicted molar refractivity (Wildman–Crippen MR) is 89.8 cm³/mol. The van der Waals surface area contributed by atoms with Crippen LogP contribution in [0.5, 0.6) is 5.75 Å². The number of nitrogens with zero attached hydrogens (tertiary/aromatic N) is 2. The van der Waals surface area contributed by atoms with E-state index in [0.29, 0.717) is 5.69 Å². The highest BCUT2D eigenvalue weighted by molar-refractivity contribution is 6.76. The predicted octanol–water partition coefficient (Wildman–Crippen LogP) is 2.13. The van der Waals surface area contributed by atoms with E-state index in [1.807, 2.05) is 19.6 Å². The second-order valence-corrected chi connectivity index (χ2v) is 12.5. The monoisotopic (exact) mass is 352 g/mol. The second-order valence-electron chi connectivity index (χ2n) is 7.05. The van der Waals surface area contributed by atoms with Crippen LogP contribution in [0.1, 0.15) is 6.92 Å². The zero-order valence-corrected chi connectivity index (χ0v) is 15.3. The number of amides is 1. The molecular formula is C15H20N2O6Si. The molecule has 1 aromatic carbocycles. The first-order valence-electron chi connectivity index (χ1n) is 7.38. The van der Waals surface area contributed by atoms with Crippen LogP contribution in [0.15, 0.2) is 18.2 Å². The highest BCUT2D eigenvalue weighted by Crippen LogP contribution is 2.39. The number of anilines is 1. The normalized spacial score (nSPS) is 20.2. The molecule has 0 N–H and O–H groups in total. The zero-order valence-electron chi connectivity index (χ0n) is 14.3. The van der Waals surface area contributed by atoms with E-state index in [1.165, 1.54) is 37.1 Å². The minimum atomic E-state index is -1.86. The fourth-order valence-electron chi connectivity index (χ4n) is 2.22. The van der Waals surface area contributed by atoms with Gasteiger partial charge >= 0.3 is 5.97 Å². The largest absolute Gasteiger partial charge is 0.466 e. The van der Waals surface area contributed by atoms with Gasteiger partial charge in [-0.3, -0.25) is 14.9 Å². The number of esters is 1. The summed E-state index contributed by atoms with van der Waals surface area (Å²) in [6, 6.07) is 3.89. The number of nitro benzene ring substituents is 1. The summed E-state index contributed by atoms with van der Waals surface area (Å²) in [7, 11) is -0.178. The molecule has 1 aliphatic heterocycles. The lowest BCUT2D eigenvalue weighted by atomic mass is 10.0. The SMILES string of the molecule is CN1C(=O)C(C)(C(=O)OC[Si](C)(C)C)Oc2cc([N+](=O)[O-])ccc21. The number of carbonyl (C=O) groups excluding carboxylic acids is 2. The molecule has 0 fully saturated rings. The summed E-state index contributed by atoms with van der Waals surface area (Å²) in [6.45, 7) is 7.39. The standard InChI is InChI=1S/C15H20N2O6Si/c1-15(14(19)22-9-24(3,4)5)13(18)16(2)11-7-6-10(17(20)21)8-12(11)23-15/h6-8H,9H2,1-5H3. The van der Waals surface area contributed by atoms with E-state index >= 15 is 0 Å². The van der Waals surface area contributed by atoms with Gasteiger partial charge in [0.15, 0.2) is 5.75 Å². The maximum Gasteiger partial charge on any atom is 0.359 e. The van der Waals surface area contributed by atoms with Crippen molar-refractivity contribution in [1.82, 2.24) is 0 Å². The summed E-state index contributed by atoms with van der Waals surface area (Å²) < 4.78 is 10.8. The maximum atomic E-state index is 12.6. The Morgan fingerprint density at radius 1 is 1.42 bits per heavy atom. The number of likely N-dealkylation sites (N-methyl/N-ethyl adjacent to an activating group) is 1. The second kappa shape index (κ2) is 5.89. The quantitative estimate of drug-likeness (QED) is 0.271. The van der Waals surface area contributed by atoms with Crippen LogP contribution in [0, 0.1) is 10.1 Å². The van der Waals surface area contributed by atoms with Crippen LogP contribution < -0.4 is 9.64 Å². The van der Waals surface area contributed by atoms with Gasteiger partial charge in [0.1, 0.15) is 0 Å². The zero-order chi connectivity index (χ0) is 18.3. The molecule has 0 aromatic heterocycles. The van der Waals surface area contributed by atoms with Crippen molar-refractivity contribution in [2.24, 2.45) is 0 Å². The molecule has 1 amide bonds. The molecule has 2 rings (SSSR count). The third kappa shape index (κ3) is 3.25. The molecule has 24 heavy (non-hydrogen) atoms. The number of benzene rings is 1. The molecule has 1 unspecified atom stereocenters. The summed E-state index contributed by atoms with van der Waals surface area (Å²) in [6.07, 6.45) is 0.254. The first-order chi connectivity index (χ1) is 11.0. The first-order valence-corrected chi connectivity index (χ1v) is 11.1. The summed E-state index contributed by atoms with van der Waals surface area (Å²) in [5.74, 6) is -1.28. The topological polar surface area (TPSA) is 99.0 Å². The van der Waals surface area contributed by atoms with Crippen molar-refractivity contribution in [3.63, 3.8) is 0 Å². The van der Waals surface area contributed by atoms with Crippen LogP contribution in [-0.4, -0.2) is 43.8 Å². The van der Waals surface area contributed by atoms with Crippen molar-refractivity contribution in [1.29, 1.82) is 0 Å². The smallest absolute Gasteiger partial charge is 0.359 e. The van der Waals surface area contributed by atoms with E-state index in [9.17, 15) is 19.7 Å². The van der Waals surface area contributed by atoms with Gasteiger partial charge in [-0.05, 0) is 13.0 Å². The Bertz CT molecular complexity index is 714. The Morgan fingerprint density at radius 2 is 2.04 bits per heavy atom. The molecule has 0 saturated carbocycles. The van der Waals surface area contributed by atoms with Gasteiger partial charge in [-0.1, -0.05) is 19.6 Å². The lowest BCUT2D eigenvalue weighted by Crippen LogP contribution is -2.59. The van der Waals surface area contributed by atoms with Crippen LogP contribution >= 0.6 is 0 Å². The Hall–Kier alpha value is -2.42. The third-order valence-electron chi connectivity index (χ3n) is 3.57. The Kier molecular flexibility index (Phi) is 4.40. The number of carbonyl (C=O) groups is 2. The van der Waals surface area contributed by atoms with Crippen molar-refractivity contribution in [2.75, 3.05) is 18.2 Å². The molecule has 130 valence electrons. The highest BCUT2D eigenvalue weighted by atomic mass is 28.3. The van der Waals surface area contributed by atoms with Gasteiger partial charge < -0.3 is 14.4 Å². The number of rotatable bonds is 4. The van der Waals surface area contributed by atoms with Crippen LogP contribution in [0.4, 0.5) is 11.4 Å². The van der Waals surface area contributed by atoms with Crippen LogP contribution in [0.25, 0.3) is 0 Å². The Balaban J connectivity index is 2.36. The average molecular weight is 352 g/mol. The fourth-order valence-corrected chi connectivity index (χ4v) is 2.78. The van der Waals surface area contributed by atoms with Crippen molar-refractivity contribution < 1.29 is 24.0 Å². The highest BCUT2D eigenvalue weighted by Gasteiger charge is 2.51. The molecule has 1 atom stereocenters. The molecule has 0 spiro atoms. The van der Waals surface area contributed by atoms with E-state index in [0.717, 1.165) is 0 Å². The van der Waals surface area contributed by atoms with E-state index in [4.69, 9.17) is 9.47 Å². The molecule has 0 aliphatic carbocycles. The van der Waals surface area contributed by atoms with Gasteiger partial charge in [0.05, 0.1) is 31.0 Å². The van der Waals surface area contributed by atoms with Crippen molar-refractivity contribution in [3.05, 3.63) is 28.3 Å². The first kappa shape index (κ1) is 17.9. The van der Waals surface area contributed by atoms with Gasteiger partial charge in [0.25, 0.3) is 17.2 Å². The van der Waals surface area contributed by atoms with Gasteiger partial charge in [-0.2, -0.15) is 0 Å². The summed E-state index contributed by atoms with van der Waals surface area (Å²) in [4.78, 5) is 36.6. The molecule has 9 heteroatoms. The number of ether oxygens (including phenoxy) is 2. The fraction of sp³-hybridized carbons (Fsp3) is 0.467. The Labute approximate surface area is 140 Å². The van der Waals surface area contributed by atoms with E-state index < -0.39 is 30.5 Å². The summed E-state index contributed by atoms with van der Waals surface area (Å²) in [5, 5.41) is 10.9. The average Bonchev–Trinajstić information content (AvgIpc) is 2.49. The third-order valence-corrected chi connectivity index (χ3v) is 4.58. The van der Waals surface area contributed by atoms with Crippen molar-refractivity contribution in [3.8, 4) is 5.75 Å². The van der Waals surface area contributed by atoms with Crippen molar-refractivity contribution in [2.45, 2.75) is 32.2 Å². The summed E-state index contributed by atoms with van der Waals surface area (Å²) in [5.41, 5.74) is -1.69. The minimum Gasteiger partial charge on any atom is -0.466 e. The number of nitro groups is 1. The molecule has 8 nitrogen and oxygen atoms in total. The molecule has 0 bridgehead atoms. The van der Waals surface area contributed by atoms with Crippen molar-refractivity contribution >= 4 is 31.3 Å². The molecule has 1 heterocycles. The molecular weight excluding hydrogens is 332 g/mol. The van der Waals surface area contributed by atoms with Gasteiger partial charge in [0, 0.05) is 13.1 Å². The van der Waals surface area contributed by atoms with E-state index in [1.54, 1.807) is 0 Å². The minimum absolute atomic E-state index is 0.0961. The number of hydrogen-bond acceptors (Lipinski definition) is 6. The molecule has 1 aromatic rings. The Morgan fingerprint density at radius 3 is 2.58 bits per heavy atom. The lowest BCUT2D eigenvalue weighted by molar-refractivity contribution is -0.385. The van der Waals surface area contributed by atoms with Gasteiger partial charge in [0.2, 0.25) is 0 Å². The lowest BCUT2D eigenvalue weighted by Gasteiger charge is -2.37. The number of hydrogen-bond donors (Lipinski definition) is 0.